The van der Waals surface area contributed by atoms with Gasteiger partial charge in [0.25, 0.3) is 0 Å². The highest BCUT2D eigenvalue weighted by atomic mass is 16.2. The lowest BCUT2D eigenvalue weighted by atomic mass is 10.0. The fraction of sp³-hybridized carbons (Fsp3) is 0.857. The second-order valence-electron chi connectivity index (χ2n) is 3.08. The first-order valence-corrected chi connectivity index (χ1v) is 3.89. The van der Waals surface area contributed by atoms with Gasteiger partial charge in [-0.15, -0.1) is 0 Å². The Morgan fingerprint density at radius 3 is 3.10 bits per heavy atom. The third-order valence-electron chi connectivity index (χ3n) is 2.34. The Labute approximate surface area is 60.2 Å². The zero-order valence-electron chi connectivity index (χ0n) is 5.89. The van der Waals surface area contributed by atoms with Crippen LogP contribution >= 0.6 is 0 Å². The van der Waals surface area contributed by atoms with Crippen LogP contribution in [0.25, 0.3) is 0 Å². The summed E-state index contributed by atoms with van der Waals surface area (Å²) in [7, 11) is 0. The van der Waals surface area contributed by atoms with E-state index in [4.69, 9.17) is 0 Å². The first-order chi connectivity index (χ1) is 4.86. The van der Waals surface area contributed by atoms with Crippen molar-refractivity contribution in [3.8, 4) is 0 Å². The van der Waals surface area contributed by atoms with Crippen LogP contribution in [0.3, 0.4) is 0 Å². The van der Waals surface area contributed by atoms with E-state index in [0.717, 1.165) is 13.0 Å². The van der Waals surface area contributed by atoms with Gasteiger partial charge >= 0.3 is 0 Å². The number of carbonyl (C=O) groups is 1. The summed E-state index contributed by atoms with van der Waals surface area (Å²) in [5.41, 5.74) is 0. The maximum Gasteiger partial charge on any atom is 0.221 e. The van der Waals surface area contributed by atoms with Gasteiger partial charge in [0.05, 0.1) is 0 Å². The predicted octanol–water partition coefficient (Wildman–Crippen LogP) is -0.373. The Morgan fingerprint density at radius 2 is 2.30 bits per heavy atom. The minimum atomic E-state index is 0.212. The Bertz CT molecular complexity index is 142. The van der Waals surface area contributed by atoms with E-state index in [9.17, 15) is 4.79 Å². The van der Waals surface area contributed by atoms with E-state index in [2.05, 4.69) is 10.6 Å². The van der Waals surface area contributed by atoms with Crippen molar-refractivity contribution in [1.29, 1.82) is 0 Å². The number of nitrogens with one attached hydrogen (secondary N) is 2. The molecule has 2 rings (SSSR count). The molecular weight excluding hydrogens is 128 g/mol. The van der Waals surface area contributed by atoms with Crippen molar-refractivity contribution in [2.45, 2.75) is 31.3 Å². The number of amides is 1. The van der Waals surface area contributed by atoms with E-state index >= 15 is 0 Å². The highest BCUT2D eigenvalue weighted by Gasteiger charge is 2.33. The van der Waals surface area contributed by atoms with Gasteiger partial charge in [0, 0.05) is 18.5 Å². The Kier molecular flexibility index (Phi) is 1.38. The average Bonchev–Trinajstić information content (AvgIpc) is 2.27. The lowest BCUT2D eigenvalue weighted by Crippen LogP contribution is -2.45. The normalized spacial score (nSPS) is 39.0. The summed E-state index contributed by atoms with van der Waals surface area (Å²) in [5, 5.41) is 6.28. The van der Waals surface area contributed by atoms with Gasteiger partial charge in [-0.25, -0.2) is 0 Å². The molecular formula is C7H12N2O. The fourth-order valence-electron chi connectivity index (χ4n) is 1.81. The fourth-order valence-corrected chi connectivity index (χ4v) is 1.81. The molecule has 1 amide bonds. The van der Waals surface area contributed by atoms with E-state index in [1.807, 2.05) is 0 Å². The Hall–Kier alpha value is -0.570. The van der Waals surface area contributed by atoms with Crippen molar-refractivity contribution < 1.29 is 4.79 Å². The number of piperidine rings is 1. The first-order valence-electron chi connectivity index (χ1n) is 3.89. The topological polar surface area (TPSA) is 41.1 Å². The van der Waals surface area contributed by atoms with E-state index in [0.29, 0.717) is 18.5 Å². The van der Waals surface area contributed by atoms with Crippen molar-refractivity contribution in [3.05, 3.63) is 0 Å². The number of carbonyl (C=O) groups excluding carboxylic acids is 1. The molecule has 3 nitrogen and oxygen atoms in total. The minimum Gasteiger partial charge on any atom is -0.352 e. The summed E-state index contributed by atoms with van der Waals surface area (Å²) in [6.45, 7) is 1.08. The van der Waals surface area contributed by atoms with Crippen LogP contribution in [0, 0.1) is 0 Å². The number of fused-ring (bicyclic) bond motifs is 1. The van der Waals surface area contributed by atoms with Crippen LogP contribution in [0.5, 0.6) is 0 Å². The average molecular weight is 140 g/mol. The molecule has 0 radical (unpaired) electrons. The summed E-state index contributed by atoms with van der Waals surface area (Å²) in [5.74, 6) is 0.212. The number of rotatable bonds is 0. The Morgan fingerprint density at radius 1 is 1.40 bits per heavy atom. The SMILES string of the molecule is O=C1C[C@H]2NCCC[C@@H]2N1. The molecule has 2 aliphatic rings. The molecule has 56 valence electrons. The molecule has 2 atom stereocenters. The summed E-state index contributed by atoms with van der Waals surface area (Å²) in [4.78, 5) is 10.9. The van der Waals surface area contributed by atoms with E-state index < -0.39 is 0 Å². The molecule has 0 bridgehead atoms. The minimum absolute atomic E-state index is 0.212. The van der Waals surface area contributed by atoms with Crippen LogP contribution < -0.4 is 10.6 Å². The lowest BCUT2D eigenvalue weighted by molar-refractivity contribution is -0.119. The highest BCUT2D eigenvalue weighted by molar-refractivity contribution is 5.79. The van der Waals surface area contributed by atoms with Crippen molar-refractivity contribution in [3.63, 3.8) is 0 Å². The van der Waals surface area contributed by atoms with Crippen LogP contribution in [0.4, 0.5) is 0 Å². The second-order valence-corrected chi connectivity index (χ2v) is 3.08. The molecule has 0 aromatic rings. The molecule has 2 saturated heterocycles. The quantitative estimate of drug-likeness (QED) is 0.482. The molecule has 0 aromatic heterocycles. The molecule has 3 heteroatoms. The maximum atomic E-state index is 10.9. The third kappa shape index (κ3) is 0.904. The second kappa shape index (κ2) is 2.23. The highest BCUT2D eigenvalue weighted by Crippen LogP contribution is 2.16. The van der Waals surface area contributed by atoms with Gasteiger partial charge < -0.3 is 10.6 Å². The molecule has 2 aliphatic heterocycles. The molecule has 2 fully saturated rings. The zero-order chi connectivity index (χ0) is 6.97. The van der Waals surface area contributed by atoms with Gasteiger partial charge in [0.2, 0.25) is 5.91 Å². The van der Waals surface area contributed by atoms with Gasteiger partial charge in [0.15, 0.2) is 0 Å². The van der Waals surface area contributed by atoms with Crippen molar-refractivity contribution in [1.82, 2.24) is 10.6 Å². The number of hydrogen-bond acceptors (Lipinski definition) is 2. The molecule has 2 heterocycles. The summed E-state index contributed by atoms with van der Waals surface area (Å²) in [6.07, 6.45) is 3.04. The predicted molar refractivity (Wildman–Crippen MR) is 37.6 cm³/mol. The van der Waals surface area contributed by atoms with Crippen LogP contribution in [0.1, 0.15) is 19.3 Å². The number of hydrogen-bond donors (Lipinski definition) is 2. The maximum absolute atomic E-state index is 10.9. The summed E-state index contributed by atoms with van der Waals surface area (Å²) < 4.78 is 0. The molecule has 0 aromatic carbocycles. The smallest absolute Gasteiger partial charge is 0.221 e. The summed E-state index contributed by atoms with van der Waals surface area (Å²) >= 11 is 0. The summed E-state index contributed by atoms with van der Waals surface area (Å²) in [6, 6.07) is 0.863. The Balaban J connectivity index is 2.04. The molecule has 0 saturated carbocycles. The van der Waals surface area contributed by atoms with E-state index in [1.54, 1.807) is 0 Å². The van der Waals surface area contributed by atoms with Crippen LogP contribution in [-0.4, -0.2) is 24.5 Å². The molecule has 0 aliphatic carbocycles. The van der Waals surface area contributed by atoms with E-state index in [1.165, 1.54) is 6.42 Å². The lowest BCUT2D eigenvalue weighted by Gasteiger charge is -2.25. The van der Waals surface area contributed by atoms with E-state index in [-0.39, 0.29) is 5.91 Å². The van der Waals surface area contributed by atoms with Gasteiger partial charge in [-0.3, -0.25) is 4.79 Å². The first kappa shape index (κ1) is 6.16. The third-order valence-corrected chi connectivity index (χ3v) is 2.34. The van der Waals surface area contributed by atoms with Crippen molar-refractivity contribution in [2.24, 2.45) is 0 Å². The molecule has 2 N–H and O–H groups in total. The largest absolute Gasteiger partial charge is 0.352 e. The van der Waals surface area contributed by atoms with Crippen LogP contribution in [0.15, 0.2) is 0 Å². The van der Waals surface area contributed by atoms with Crippen LogP contribution in [0.2, 0.25) is 0 Å². The van der Waals surface area contributed by atoms with Crippen molar-refractivity contribution in [2.75, 3.05) is 6.54 Å². The van der Waals surface area contributed by atoms with Gasteiger partial charge in [0.1, 0.15) is 0 Å². The van der Waals surface area contributed by atoms with Crippen LogP contribution in [-0.2, 0) is 4.79 Å². The van der Waals surface area contributed by atoms with Crippen molar-refractivity contribution >= 4 is 5.91 Å². The molecule has 10 heavy (non-hydrogen) atoms. The standard InChI is InChI=1S/C7H12N2O/c10-7-4-6-5(9-7)2-1-3-8-6/h5-6,8H,1-4H2,(H,9,10)/t5-,6+/m0/s1. The van der Waals surface area contributed by atoms with Gasteiger partial charge in [-0.1, -0.05) is 0 Å². The van der Waals surface area contributed by atoms with Gasteiger partial charge in [-0.2, -0.15) is 0 Å². The van der Waals surface area contributed by atoms with Gasteiger partial charge in [-0.05, 0) is 19.4 Å². The zero-order valence-corrected chi connectivity index (χ0v) is 5.89. The monoisotopic (exact) mass is 140 g/mol. The molecule has 0 unspecified atom stereocenters. The molecule has 0 spiro atoms.